The summed E-state index contributed by atoms with van der Waals surface area (Å²) in [4.78, 5) is 15.3. The second kappa shape index (κ2) is 10.3. The molecule has 1 heterocycles. The van der Waals surface area contributed by atoms with E-state index in [9.17, 15) is 15.0 Å². The predicted octanol–water partition coefficient (Wildman–Crippen LogP) is 6.13. The van der Waals surface area contributed by atoms with Gasteiger partial charge < -0.3 is 14.9 Å². The maximum absolute atomic E-state index is 12.9. The van der Waals surface area contributed by atoms with Crippen molar-refractivity contribution in [2.45, 2.75) is 50.2 Å². The molecule has 1 fully saturated rings. The van der Waals surface area contributed by atoms with Crippen LogP contribution >= 0.6 is 11.6 Å². The van der Waals surface area contributed by atoms with E-state index in [-0.39, 0.29) is 22.4 Å². The number of phenolic OH excluding ortho intramolecular Hbond substituents is 1. The fraction of sp³-hybridized carbons (Fsp3) is 0.345. The van der Waals surface area contributed by atoms with Crippen LogP contribution in [0.25, 0.3) is 0 Å². The summed E-state index contributed by atoms with van der Waals surface area (Å²) in [6, 6.07) is 24.1. The molecule has 0 radical (unpaired) electrons. The van der Waals surface area contributed by atoms with Crippen LogP contribution in [-0.4, -0.2) is 45.8 Å². The molecule has 1 aliphatic rings. The number of hydrogen-bond donors (Lipinski definition) is 2. The van der Waals surface area contributed by atoms with Crippen LogP contribution in [0.15, 0.2) is 78.9 Å². The first kappa shape index (κ1) is 25.1. The van der Waals surface area contributed by atoms with Gasteiger partial charge in [0.05, 0.1) is 0 Å². The summed E-state index contributed by atoms with van der Waals surface area (Å²) in [5.74, 6) is -0.354. The second-order valence-electron chi connectivity index (χ2n) is 9.82. The molecule has 0 spiro atoms. The number of nitrogens with zero attached hydrogens (tertiary/aromatic N) is 1. The summed E-state index contributed by atoms with van der Waals surface area (Å²) in [6.45, 7) is 5.87. The largest absolute Gasteiger partial charge is 0.506 e. The van der Waals surface area contributed by atoms with Crippen molar-refractivity contribution in [3.05, 3.63) is 95.0 Å². The molecule has 2 N–H and O–H groups in total. The Kier molecular flexibility index (Phi) is 7.39. The SMILES string of the molecule is CC(C)(CCC(C(=O)O)(c1ccccc1)c1ccccc1)N1CC[C@H](Oc2cccc(O)c2Cl)C1. The molecule has 4 rings (SSSR count). The minimum atomic E-state index is -1.13. The third kappa shape index (κ3) is 5.16. The number of carbonyl (C=O) groups is 1. The Bertz CT molecular complexity index is 1110. The van der Waals surface area contributed by atoms with Gasteiger partial charge in [-0.3, -0.25) is 9.69 Å². The zero-order chi connectivity index (χ0) is 25.1. The Morgan fingerprint density at radius 2 is 1.57 bits per heavy atom. The Morgan fingerprint density at radius 1 is 0.971 bits per heavy atom. The van der Waals surface area contributed by atoms with E-state index < -0.39 is 11.4 Å². The molecule has 1 atom stereocenters. The van der Waals surface area contributed by atoms with Crippen LogP contribution in [0.4, 0.5) is 0 Å². The van der Waals surface area contributed by atoms with Crippen molar-refractivity contribution in [2.24, 2.45) is 0 Å². The van der Waals surface area contributed by atoms with Gasteiger partial charge in [-0.2, -0.15) is 0 Å². The number of ether oxygens (including phenoxy) is 1. The highest BCUT2D eigenvalue weighted by Gasteiger charge is 2.44. The molecule has 35 heavy (non-hydrogen) atoms. The Labute approximate surface area is 211 Å². The fourth-order valence-corrected chi connectivity index (χ4v) is 5.22. The molecule has 0 amide bonds. The van der Waals surface area contributed by atoms with Gasteiger partial charge in [0.2, 0.25) is 0 Å². The zero-order valence-electron chi connectivity index (χ0n) is 20.2. The molecule has 3 aromatic rings. The van der Waals surface area contributed by atoms with Gasteiger partial charge in [0.1, 0.15) is 28.0 Å². The Balaban J connectivity index is 1.53. The van der Waals surface area contributed by atoms with Crippen LogP contribution in [0.5, 0.6) is 11.5 Å². The lowest BCUT2D eigenvalue weighted by Gasteiger charge is -2.39. The van der Waals surface area contributed by atoms with Crippen molar-refractivity contribution in [1.82, 2.24) is 4.90 Å². The molecule has 3 aromatic carbocycles. The highest BCUT2D eigenvalue weighted by atomic mass is 35.5. The number of rotatable bonds is 9. The first-order valence-electron chi connectivity index (χ1n) is 12.0. The lowest BCUT2D eigenvalue weighted by Crippen LogP contribution is -2.46. The number of carboxylic acids is 1. The highest BCUT2D eigenvalue weighted by Crippen LogP contribution is 2.41. The molecule has 0 aliphatic carbocycles. The average Bonchev–Trinajstić information content (AvgIpc) is 3.33. The minimum absolute atomic E-state index is 0.00573. The van der Waals surface area contributed by atoms with Crippen LogP contribution in [0, 0.1) is 0 Å². The molecule has 0 saturated carbocycles. The molecule has 0 bridgehead atoms. The monoisotopic (exact) mass is 493 g/mol. The van der Waals surface area contributed by atoms with E-state index in [1.54, 1.807) is 12.1 Å². The molecule has 0 unspecified atom stereocenters. The first-order chi connectivity index (χ1) is 16.7. The minimum Gasteiger partial charge on any atom is -0.506 e. The van der Waals surface area contributed by atoms with E-state index in [0.29, 0.717) is 25.1 Å². The Morgan fingerprint density at radius 3 is 2.14 bits per heavy atom. The summed E-state index contributed by atoms with van der Waals surface area (Å²) >= 11 is 6.20. The number of likely N-dealkylation sites (tertiary alicyclic amines) is 1. The molecule has 1 aliphatic heterocycles. The van der Waals surface area contributed by atoms with E-state index in [0.717, 1.165) is 24.1 Å². The van der Waals surface area contributed by atoms with Crippen molar-refractivity contribution in [3.63, 3.8) is 0 Å². The predicted molar refractivity (Wildman–Crippen MR) is 138 cm³/mol. The normalized spacial score (nSPS) is 16.8. The van der Waals surface area contributed by atoms with Gasteiger partial charge in [-0.1, -0.05) is 78.3 Å². The van der Waals surface area contributed by atoms with Crippen LogP contribution in [0.2, 0.25) is 5.02 Å². The van der Waals surface area contributed by atoms with E-state index in [2.05, 4.69) is 18.7 Å². The summed E-state index contributed by atoms with van der Waals surface area (Å²) < 4.78 is 6.11. The summed E-state index contributed by atoms with van der Waals surface area (Å²) in [7, 11) is 0. The van der Waals surface area contributed by atoms with E-state index in [4.69, 9.17) is 16.3 Å². The van der Waals surface area contributed by atoms with Crippen molar-refractivity contribution in [1.29, 1.82) is 0 Å². The Hall–Kier alpha value is -3.02. The topological polar surface area (TPSA) is 70.0 Å². The lowest BCUT2D eigenvalue weighted by molar-refractivity contribution is -0.142. The van der Waals surface area contributed by atoms with Crippen molar-refractivity contribution in [2.75, 3.05) is 13.1 Å². The fourth-order valence-electron chi connectivity index (χ4n) is 5.05. The van der Waals surface area contributed by atoms with Gasteiger partial charge in [-0.05, 0) is 56.4 Å². The van der Waals surface area contributed by atoms with Gasteiger partial charge in [0.15, 0.2) is 0 Å². The maximum Gasteiger partial charge on any atom is 0.318 e. The van der Waals surface area contributed by atoms with E-state index in [1.165, 1.54) is 6.07 Å². The van der Waals surface area contributed by atoms with E-state index in [1.807, 2.05) is 60.7 Å². The smallest absolute Gasteiger partial charge is 0.318 e. The summed E-state index contributed by atoms with van der Waals surface area (Å²) in [5, 5.41) is 20.7. The van der Waals surface area contributed by atoms with Crippen molar-refractivity contribution >= 4 is 17.6 Å². The molecule has 6 heteroatoms. The van der Waals surface area contributed by atoms with Crippen molar-refractivity contribution < 1.29 is 19.7 Å². The number of carboxylic acid groups (broad SMARTS) is 1. The highest BCUT2D eigenvalue weighted by molar-refractivity contribution is 6.33. The van der Waals surface area contributed by atoms with Crippen molar-refractivity contribution in [3.8, 4) is 11.5 Å². The lowest BCUT2D eigenvalue weighted by atomic mass is 9.69. The van der Waals surface area contributed by atoms with E-state index >= 15 is 0 Å². The molecular weight excluding hydrogens is 462 g/mol. The maximum atomic E-state index is 12.9. The standard InChI is InChI=1S/C29H32ClNO4/c1-28(2,31-19-16-23(20-31)35-25-15-9-14-24(32)26(25)30)17-18-29(27(33)34,21-10-5-3-6-11-21)22-12-7-4-8-13-22/h3-15,23,32H,16-20H2,1-2H3,(H,33,34)/t23-/m0/s1. The third-order valence-corrected chi connectivity index (χ3v) is 7.63. The molecule has 5 nitrogen and oxygen atoms in total. The molecule has 0 aromatic heterocycles. The summed E-state index contributed by atoms with van der Waals surface area (Å²) in [5.41, 5.74) is 0.196. The van der Waals surface area contributed by atoms with Gasteiger partial charge in [-0.15, -0.1) is 0 Å². The number of halogens is 1. The van der Waals surface area contributed by atoms with Crippen LogP contribution < -0.4 is 4.74 Å². The first-order valence-corrected chi connectivity index (χ1v) is 12.4. The number of aromatic hydroxyl groups is 1. The van der Waals surface area contributed by atoms with Crippen LogP contribution in [-0.2, 0) is 10.2 Å². The second-order valence-corrected chi connectivity index (χ2v) is 10.2. The average molecular weight is 494 g/mol. The number of phenols is 1. The van der Waals surface area contributed by atoms with Gasteiger partial charge >= 0.3 is 5.97 Å². The number of benzene rings is 3. The zero-order valence-corrected chi connectivity index (χ0v) is 20.9. The quantitative estimate of drug-likeness (QED) is 0.375. The molecule has 184 valence electrons. The van der Waals surface area contributed by atoms with Gasteiger partial charge in [0.25, 0.3) is 0 Å². The van der Waals surface area contributed by atoms with Crippen LogP contribution in [0.1, 0.15) is 44.2 Å². The third-order valence-electron chi connectivity index (χ3n) is 7.25. The molecular formula is C29H32ClNO4. The number of hydrogen-bond acceptors (Lipinski definition) is 4. The number of aliphatic carboxylic acids is 1. The van der Waals surface area contributed by atoms with Gasteiger partial charge in [0, 0.05) is 18.6 Å². The van der Waals surface area contributed by atoms with Gasteiger partial charge in [-0.25, -0.2) is 0 Å². The summed E-state index contributed by atoms with van der Waals surface area (Å²) in [6.07, 6.45) is 1.92. The van der Waals surface area contributed by atoms with Crippen LogP contribution in [0.3, 0.4) is 0 Å². The molecule has 1 saturated heterocycles.